The van der Waals surface area contributed by atoms with E-state index in [4.69, 9.17) is 0 Å². The van der Waals surface area contributed by atoms with Crippen LogP contribution in [0.25, 0.3) is 0 Å². The fourth-order valence-corrected chi connectivity index (χ4v) is 3.52. The number of nitrogens with one attached hydrogen (secondary N) is 1. The van der Waals surface area contributed by atoms with E-state index in [9.17, 15) is 0 Å². The average molecular weight is 257 g/mol. The molecule has 2 heteroatoms. The predicted molar refractivity (Wildman–Crippen MR) is 80.7 cm³/mol. The van der Waals surface area contributed by atoms with Crippen LogP contribution in [0.3, 0.4) is 0 Å². The molecule has 4 atom stereocenters. The van der Waals surface area contributed by atoms with Crippen LogP contribution in [0.5, 0.6) is 0 Å². The van der Waals surface area contributed by atoms with Crippen LogP contribution >= 0.6 is 11.8 Å². The van der Waals surface area contributed by atoms with Crippen LogP contribution in [0.15, 0.2) is 0 Å². The predicted octanol–water partition coefficient (Wildman–Crippen LogP) is 4.18. The van der Waals surface area contributed by atoms with E-state index in [1.807, 2.05) is 11.8 Å². The molecule has 0 saturated heterocycles. The molecule has 1 N–H and O–H groups in total. The first-order valence-corrected chi connectivity index (χ1v) is 8.80. The number of hydrogen-bond acceptors (Lipinski definition) is 2. The Morgan fingerprint density at radius 2 is 2.00 bits per heavy atom. The van der Waals surface area contributed by atoms with E-state index >= 15 is 0 Å². The zero-order chi connectivity index (χ0) is 12.7. The van der Waals surface area contributed by atoms with Gasteiger partial charge in [0.05, 0.1) is 0 Å². The molecule has 1 aliphatic carbocycles. The van der Waals surface area contributed by atoms with E-state index < -0.39 is 0 Å². The van der Waals surface area contributed by atoms with E-state index in [0.717, 1.165) is 23.8 Å². The van der Waals surface area contributed by atoms with Gasteiger partial charge in [-0.25, -0.2) is 0 Å². The van der Waals surface area contributed by atoms with Crippen LogP contribution < -0.4 is 5.32 Å². The summed E-state index contributed by atoms with van der Waals surface area (Å²) >= 11 is 1.99. The number of hydrogen-bond donors (Lipinski definition) is 1. The van der Waals surface area contributed by atoms with Gasteiger partial charge in [0.25, 0.3) is 0 Å². The van der Waals surface area contributed by atoms with Gasteiger partial charge in [-0.2, -0.15) is 11.8 Å². The first-order valence-electron chi connectivity index (χ1n) is 7.41. The first-order chi connectivity index (χ1) is 8.19. The molecule has 0 aromatic heterocycles. The second-order valence-electron chi connectivity index (χ2n) is 5.87. The molecule has 0 aromatic rings. The van der Waals surface area contributed by atoms with Crippen molar-refractivity contribution in [2.24, 2.45) is 17.8 Å². The topological polar surface area (TPSA) is 12.0 Å². The fraction of sp³-hybridized carbons (Fsp3) is 1.00. The van der Waals surface area contributed by atoms with Crippen LogP contribution in [-0.2, 0) is 0 Å². The lowest BCUT2D eigenvalue weighted by Gasteiger charge is -2.37. The Hall–Kier alpha value is 0.310. The molecule has 0 heterocycles. The molecule has 1 aliphatic rings. The minimum atomic E-state index is 0.775. The maximum Gasteiger partial charge on any atom is 0.0103 e. The third-order valence-corrected chi connectivity index (χ3v) is 5.14. The van der Waals surface area contributed by atoms with Crippen molar-refractivity contribution in [1.82, 2.24) is 5.32 Å². The Morgan fingerprint density at radius 1 is 1.24 bits per heavy atom. The van der Waals surface area contributed by atoms with E-state index in [1.54, 1.807) is 0 Å². The van der Waals surface area contributed by atoms with Crippen LogP contribution in [0.2, 0.25) is 0 Å². The summed E-state index contributed by atoms with van der Waals surface area (Å²) in [5.74, 6) is 4.11. The van der Waals surface area contributed by atoms with Gasteiger partial charge in [-0.05, 0) is 62.0 Å². The Bertz CT molecular complexity index is 187. The Labute approximate surface area is 113 Å². The lowest BCUT2D eigenvalue weighted by atomic mass is 9.73. The van der Waals surface area contributed by atoms with E-state index in [2.05, 4.69) is 32.3 Å². The fourth-order valence-electron chi connectivity index (χ4n) is 3.03. The summed E-state index contributed by atoms with van der Waals surface area (Å²) in [7, 11) is 0. The highest BCUT2D eigenvalue weighted by Crippen LogP contribution is 2.35. The molecule has 0 bridgehead atoms. The summed E-state index contributed by atoms with van der Waals surface area (Å²) in [5.41, 5.74) is 0. The van der Waals surface area contributed by atoms with Crippen LogP contribution in [0.4, 0.5) is 0 Å². The van der Waals surface area contributed by atoms with Gasteiger partial charge in [-0.1, -0.05) is 27.2 Å². The Kier molecular flexibility index (Phi) is 7.61. The third kappa shape index (κ3) is 5.21. The molecule has 1 rings (SSSR count). The second kappa shape index (κ2) is 8.42. The second-order valence-corrected chi connectivity index (χ2v) is 6.86. The molecule has 0 amide bonds. The molecule has 102 valence electrons. The standard InChI is InChI=1S/C15H31NS/c1-5-9-16-15(8-10-17-4)14-7-6-12(2)13(3)11-14/h12-16H,5-11H2,1-4H3. The van der Waals surface area contributed by atoms with E-state index in [-0.39, 0.29) is 0 Å². The molecule has 17 heavy (non-hydrogen) atoms. The molecule has 0 radical (unpaired) electrons. The molecule has 0 aliphatic heterocycles. The largest absolute Gasteiger partial charge is 0.314 e. The molecule has 0 aromatic carbocycles. The molecule has 1 nitrogen and oxygen atoms in total. The highest BCUT2D eigenvalue weighted by atomic mass is 32.2. The summed E-state index contributed by atoms with van der Waals surface area (Å²) in [5, 5.41) is 3.80. The van der Waals surface area contributed by atoms with Crippen LogP contribution in [-0.4, -0.2) is 24.6 Å². The lowest BCUT2D eigenvalue weighted by Crippen LogP contribution is -2.40. The van der Waals surface area contributed by atoms with Gasteiger partial charge < -0.3 is 5.32 Å². The average Bonchev–Trinajstić information content (AvgIpc) is 2.33. The van der Waals surface area contributed by atoms with Crippen molar-refractivity contribution < 1.29 is 0 Å². The highest BCUT2D eigenvalue weighted by molar-refractivity contribution is 7.98. The van der Waals surface area contributed by atoms with Crippen molar-refractivity contribution in [2.75, 3.05) is 18.6 Å². The monoisotopic (exact) mass is 257 g/mol. The van der Waals surface area contributed by atoms with Crippen molar-refractivity contribution in [3.05, 3.63) is 0 Å². The van der Waals surface area contributed by atoms with Gasteiger partial charge in [-0.3, -0.25) is 0 Å². The quantitative estimate of drug-likeness (QED) is 0.734. The van der Waals surface area contributed by atoms with E-state index in [1.165, 1.54) is 44.4 Å². The van der Waals surface area contributed by atoms with Crippen molar-refractivity contribution in [3.63, 3.8) is 0 Å². The van der Waals surface area contributed by atoms with Crippen molar-refractivity contribution >= 4 is 11.8 Å². The Morgan fingerprint density at radius 3 is 2.59 bits per heavy atom. The van der Waals surface area contributed by atoms with Crippen molar-refractivity contribution in [3.8, 4) is 0 Å². The summed E-state index contributed by atoms with van der Waals surface area (Å²) in [6.07, 6.45) is 9.16. The number of thioether (sulfide) groups is 1. The minimum Gasteiger partial charge on any atom is -0.314 e. The molecule has 1 fully saturated rings. The minimum absolute atomic E-state index is 0.775. The molecule has 0 spiro atoms. The van der Waals surface area contributed by atoms with Crippen LogP contribution in [0.1, 0.15) is 52.9 Å². The number of rotatable bonds is 7. The normalized spacial score (nSPS) is 31.4. The molecular formula is C15H31NS. The summed E-state index contributed by atoms with van der Waals surface area (Å²) in [6, 6.07) is 0.775. The Balaban J connectivity index is 2.44. The van der Waals surface area contributed by atoms with Gasteiger partial charge in [0.1, 0.15) is 0 Å². The molecule has 1 saturated carbocycles. The highest BCUT2D eigenvalue weighted by Gasteiger charge is 2.29. The maximum atomic E-state index is 3.80. The summed E-state index contributed by atoms with van der Waals surface area (Å²) in [6.45, 7) is 8.34. The molecular weight excluding hydrogens is 226 g/mol. The van der Waals surface area contributed by atoms with Crippen LogP contribution in [0, 0.1) is 17.8 Å². The van der Waals surface area contributed by atoms with Gasteiger partial charge in [0.2, 0.25) is 0 Å². The van der Waals surface area contributed by atoms with Gasteiger partial charge in [0, 0.05) is 6.04 Å². The lowest BCUT2D eigenvalue weighted by molar-refractivity contribution is 0.169. The van der Waals surface area contributed by atoms with Crippen molar-refractivity contribution in [1.29, 1.82) is 0 Å². The zero-order valence-electron chi connectivity index (χ0n) is 12.2. The third-order valence-electron chi connectivity index (χ3n) is 4.50. The first kappa shape index (κ1) is 15.4. The summed E-state index contributed by atoms with van der Waals surface area (Å²) in [4.78, 5) is 0. The van der Waals surface area contributed by atoms with Gasteiger partial charge in [-0.15, -0.1) is 0 Å². The van der Waals surface area contributed by atoms with E-state index in [0.29, 0.717) is 0 Å². The smallest absolute Gasteiger partial charge is 0.0103 e. The maximum absolute atomic E-state index is 3.80. The summed E-state index contributed by atoms with van der Waals surface area (Å²) < 4.78 is 0. The molecule has 4 unspecified atom stereocenters. The SMILES string of the molecule is CCCNC(CCSC)C1CCC(C)C(C)C1. The van der Waals surface area contributed by atoms with Gasteiger partial charge >= 0.3 is 0 Å². The van der Waals surface area contributed by atoms with Gasteiger partial charge in [0.15, 0.2) is 0 Å². The zero-order valence-corrected chi connectivity index (χ0v) is 13.0. The van der Waals surface area contributed by atoms with Crippen molar-refractivity contribution in [2.45, 2.75) is 58.9 Å².